The van der Waals surface area contributed by atoms with Gasteiger partial charge in [0.1, 0.15) is 11.6 Å². The molecule has 218 valence electrons. The van der Waals surface area contributed by atoms with Gasteiger partial charge in [-0.25, -0.2) is 13.6 Å². The zero-order valence-electron chi connectivity index (χ0n) is 23.0. The van der Waals surface area contributed by atoms with E-state index < -0.39 is 29.7 Å². The number of anilines is 1. The Balaban J connectivity index is 1.48. The smallest absolute Gasteiger partial charge is 0.411 e. The molecule has 1 atom stereocenters. The highest BCUT2D eigenvalue weighted by Gasteiger charge is 2.23. The Kier molecular flexibility index (Phi) is 8.15. The zero-order chi connectivity index (χ0) is 30.7. The van der Waals surface area contributed by atoms with Crippen LogP contribution in [-0.4, -0.2) is 40.0 Å². The molecule has 5 aromatic rings. The lowest BCUT2D eigenvalue weighted by Gasteiger charge is -2.22. The second kappa shape index (κ2) is 12.1. The summed E-state index contributed by atoms with van der Waals surface area (Å²) >= 11 is 0. The molecule has 0 bridgehead atoms. The molecule has 5 rings (SSSR count). The van der Waals surface area contributed by atoms with Crippen molar-refractivity contribution in [3.05, 3.63) is 119 Å². The van der Waals surface area contributed by atoms with Crippen LogP contribution in [0.3, 0.4) is 0 Å². The van der Waals surface area contributed by atoms with E-state index in [9.17, 15) is 28.3 Å². The van der Waals surface area contributed by atoms with Gasteiger partial charge in [0.25, 0.3) is 0 Å². The van der Waals surface area contributed by atoms with Gasteiger partial charge in [0.15, 0.2) is 0 Å². The molecular weight excluding hydrogens is 556 g/mol. The number of hydrogen-bond donors (Lipinski definition) is 4. The fourth-order valence-corrected chi connectivity index (χ4v) is 5.02. The van der Waals surface area contributed by atoms with Crippen LogP contribution in [0.4, 0.5) is 19.3 Å². The highest BCUT2D eigenvalue weighted by Crippen LogP contribution is 2.30. The summed E-state index contributed by atoms with van der Waals surface area (Å²) in [5.74, 6) is -2.48. The Hall–Kier alpha value is -5.58. The first-order valence-corrected chi connectivity index (χ1v) is 13.2. The van der Waals surface area contributed by atoms with Crippen LogP contribution < -0.4 is 16.0 Å². The van der Waals surface area contributed by atoms with Crippen molar-refractivity contribution in [2.75, 3.05) is 11.9 Å². The number of aromatic amines is 1. The first kappa shape index (κ1) is 28.9. The number of carbonyl (C=O) groups excluding carboxylic acids is 2. The van der Waals surface area contributed by atoms with E-state index in [0.717, 1.165) is 16.4 Å². The summed E-state index contributed by atoms with van der Waals surface area (Å²) in [6.07, 6.45) is 2.10. The lowest BCUT2D eigenvalue weighted by atomic mass is 9.94. The third-order valence-corrected chi connectivity index (χ3v) is 7.10. The van der Waals surface area contributed by atoms with E-state index in [1.165, 1.54) is 19.2 Å². The summed E-state index contributed by atoms with van der Waals surface area (Å²) in [6.45, 7) is 0. The SMILES string of the molecule is CN(C(=O)O)c1ccc2c(CC(=O)NC(Cc3cc(F)cc(F)c3)c3ncccc3-c3cccc(C(N)=O)c3)c[nH]c2c1. The number of nitrogens with two attached hydrogens (primary N) is 1. The molecule has 2 aromatic heterocycles. The van der Waals surface area contributed by atoms with Crippen LogP contribution in [0.15, 0.2) is 85.2 Å². The third-order valence-electron chi connectivity index (χ3n) is 7.10. The minimum Gasteiger partial charge on any atom is -0.465 e. The van der Waals surface area contributed by atoms with Gasteiger partial charge in [0, 0.05) is 53.2 Å². The van der Waals surface area contributed by atoms with Gasteiger partial charge in [0.05, 0.1) is 18.2 Å². The number of aromatic nitrogens is 2. The van der Waals surface area contributed by atoms with Crippen LogP contribution in [0, 0.1) is 11.6 Å². The standard InChI is InChI=1S/C32H27F2N5O4/c1-39(32(42)43)24-7-8-25-21(17-37-27(25)16-24)14-29(40)38-28(12-18-10-22(33)15-23(34)11-18)30-26(6-3-9-36-30)19-4-2-5-20(13-19)31(35)41/h2-11,13,15-17,28,37H,12,14H2,1H3,(H2,35,41)(H,38,40)(H,42,43). The molecule has 0 aliphatic heterocycles. The number of pyridine rings is 1. The number of rotatable bonds is 9. The number of fused-ring (bicyclic) bond motifs is 1. The van der Waals surface area contributed by atoms with Crippen molar-refractivity contribution >= 4 is 34.5 Å². The molecular formula is C32H27F2N5O4. The van der Waals surface area contributed by atoms with Crippen molar-refractivity contribution in [1.29, 1.82) is 0 Å². The molecule has 9 nitrogen and oxygen atoms in total. The van der Waals surface area contributed by atoms with E-state index in [2.05, 4.69) is 15.3 Å². The van der Waals surface area contributed by atoms with Gasteiger partial charge >= 0.3 is 6.09 Å². The van der Waals surface area contributed by atoms with E-state index in [1.807, 2.05) is 0 Å². The number of carbonyl (C=O) groups is 3. The number of carboxylic acid groups (broad SMARTS) is 1. The van der Waals surface area contributed by atoms with E-state index in [0.29, 0.717) is 39.2 Å². The summed E-state index contributed by atoms with van der Waals surface area (Å²) in [6, 6.07) is 17.6. The second-order valence-electron chi connectivity index (χ2n) is 10.0. The third kappa shape index (κ3) is 6.51. The zero-order valence-corrected chi connectivity index (χ0v) is 23.0. The highest BCUT2D eigenvalue weighted by atomic mass is 19.1. The summed E-state index contributed by atoms with van der Waals surface area (Å²) in [7, 11) is 1.43. The van der Waals surface area contributed by atoms with Crippen LogP contribution in [0.1, 0.15) is 33.2 Å². The first-order chi connectivity index (χ1) is 20.6. The number of amides is 3. The molecule has 3 amide bonds. The predicted molar refractivity (Wildman–Crippen MR) is 158 cm³/mol. The first-order valence-electron chi connectivity index (χ1n) is 13.2. The van der Waals surface area contributed by atoms with E-state index in [4.69, 9.17) is 5.73 Å². The van der Waals surface area contributed by atoms with E-state index >= 15 is 0 Å². The molecule has 3 aromatic carbocycles. The minimum absolute atomic E-state index is 0.0265. The molecule has 0 aliphatic carbocycles. The van der Waals surface area contributed by atoms with Crippen LogP contribution in [0.25, 0.3) is 22.0 Å². The average molecular weight is 584 g/mol. The molecule has 5 N–H and O–H groups in total. The van der Waals surface area contributed by atoms with Gasteiger partial charge in [-0.1, -0.05) is 24.3 Å². The number of H-pyrrole nitrogens is 1. The van der Waals surface area contributed by atoms with Gasteiger partial charge in [-0.3, -0.25) is 19.5 Å². The maximum absolute atomic E-state index is 14.1. The topological polar surface area (TPSA) is 141 Å². The molecule has 2 heterocycles. The summed E-state index contributed by atoms with van der Waals surface area (Å²) in [4.78, 5) is 45.3. The normalized spacial score (nSPS) is 11.7. The second-order valence-corrected chi connectivity index (χ2v) is 10.0. The molecule has 43 heavy (non-hydrogen) atoms. The molecule has 0 saturated heterocycles. The Bertz CT molecular complexity index is 1830. The number of halogens is 2. The number of nitrogens with one attached hydrogen (secondary N) is 2. The van der Waals surface area contributed by atoms with Crippen molar-refractivity contribution in [1.82, 2.24) is 15.3 Å². The molecule has 0 aliphatic rings. The van der Waals surface area contributed by atoms with Crippen LogP contribution >= 0.6 is 0 Å². The number of hydrogen-bond acceptors (Lipinski definition) is 4. The Morgan fingerprint density at radius 2 is 1.79 bits per heavy atom. The quantitative estimate of drug-likeness (QED) is 0.185. The van der Waals surface area contributed by atoms with Gasteiger partial charge in [0.2, 0.25) is 11.8 Å². The lowest BCUT2D eigenvalue weighted by Crippen LogP contribution is -2.32. The predicted octanol–water partition coefficient (Wildman–Crippen LogP) is 5.36. The van der Waals surface area contributed by atoms with E-state index in [1.54, 1.807) is 67.0 Å². The molecule has 0 saturated carbocycles. The molecule has 0 spiro atoms. The fraction of sp³-hybridized carbons (Fsp3) is 0.125. The molecule has 1 unspecified atom stereocenters. The summed E-state index contributed by atoms with van der Waals surface area (Å²) in [5, 5.41) is 13.0. The Labute approximate surface area is 245 Å². The number of benzene rings is 3. The number of primary amides is 1. The Morgan fingerprint density at radius 1 is 1.02 bits per heavy atom. The van der Waals surface area contributed by atoms with Crippen LogP contribution in [0.5, 0.6) is 0 Å². The van der Waals surface area contributed by atoms with E-state index in [-0.39, 0.29) is 24.3 Å². The Morgan fingerprint density at radius 3 is 2.51 bits per heavy atom. The van der Waals surface area contributed by atoms with Gasteiger partial charge < -0.3 is 21.1 Å². The van der Waals surface area contributed by atoms with Crippen molar-refractivity contribution in [3.63, 3.8) is 0 Å². The number of nitrogens with zero attached hydrogens (tertiary/aromatic N) is 2. The van der Waals surface area contributed by atoms with Gasteiger partial charge in [-0.2, -0.15) is 0 Å². The fourth-order valence-electron chi connectivity index (χ4n) is 5.02. The maximum atomic E-state index is 14.1. The maximum Gasteiger partial charge on any atom is 0.411 e. The summed E-state index contributed by atoms with van der Waals surface area (Å²) < 4.78 is 28.2. The van der Waals surface area contributed by atoms with Gasteiger partial charge in [-0.15, -0.1) is 0 Å². The van der Waals surface area contributed by atoms with Crippen molar-refractivity contribution in [2.24, 2.45) is 5.73 Å². The van der Waals surface area contributed by atoms with Crippen LogP contribution in [0.2, 0.25) is 0 Å². The largest absolute Gasteiger partial charge is 0.465 e. The molecule has 0 fully saturated rings. The van der Waals surface area contributed by atoms with Crippen molar-refractivity contribution < 1.29 is 28.3 Å². The van der Waals surface area contributed by atoms with Crippen LogP contribution in [-0.2, 0) is 17.6 Å². The average Bonchev–Trinajstić information content (AvgIpc) is 3.37. The molecule has 0 radical (unpaired) electrons. The molecule has 11 heteroatoms. The van der Waals surface area contributed by atoms with Crippen molar-refractivity contribution in [3.8, 4) is 11.1 Å². The highest BCUT2D eigenvalue weighted by molar-refractivity contribution is 5.95. The van der Waals surface area contributed by atoms with Crippen molar-refractivity contribution in [2.45, 2.75) is 18.9 Å². The monoisotopic (exact) mass is 583 g/mol. The minimum atomic E-state index is -1.11. The summed E-state index contributed by atoms with van der Waals surface area (Å²) in [5.41, 5.74) is 9.53. The lowest BCUT2D eigenvalue weighted by molar-refractivity contribution is -0.121. The van der Waals surface area contributed by atoms with Gasteiger partial charge in [-0.05, 0) is 65.6 Å².